The smallest absolute Gasteiger partial charge is 0.243 e. The van der Waals surface area contributed by atoms with E-state index in [1.54, 1.807) is 26.3 Å². The SMILES string of the molecule is COCCC(N)C(=O)N(C)c1ccc(O)cc1. The van der Waals surface area contributed by atoms with Gasteiger partial charge in [-0.2, -0.15) is 0 Å². The number of likely N-dealkylation sites (N-methyl/N-ethyl adjacent to an activating group) is 1. The average Bonchev–Trinajstić information content (AvgIpc) is 2.35. The number of benzene rings is 1. The largest absolute Gasteiger partial charge is 0.508 e. The Balaban J connectivity index is 2.65. The summed E-state index contributed by atoms with van der Waals surface area (Å²) in [6.07, 6.45) is 0.484. The van der Waals surface area contributed by atoms with Gasteiger partial charge in [-0.15, -0.1) is 0 Å². The molecule has 0 saturated carbocycles. The summed E-state index contributed by atoms with van der Waals surface area (Å²) in [5, 5.41) is 9.16. The summed E-state index contributed by atoms with van der Waals surface area (Å²) in [5.74, 6) is -0.00831. The van der Waals surface area contributed by atoms with Gasteiger partial charge in [0.1, 0.15) is 5.75 Å². The van der Waals surface area contributed by atoms with E-state index >= 15 is 0 Å². The second-order valence-electron chi connectivity index (χ2n) is 3.80. The highest BCUT2D eigenvalue weighted by molar-refractivity contribution is 5.96. The number of phenols is 1. The lowest BCUT2D eigenvalue weighted by Crippen LogP contribution is -2.42. The van der Waals surface area contributed by atoms with Gasteiger partial charge in [-0.3, -0.25) is 4.79 Å². The van der Waals surface area contributed by atoms with Gasteiger partial charge in [0.15, 0.2) is 0 Å². The highest BCUT2D eigenvalue weighted by Crippen LogP contribution is 2.17. The first kappa shape index (κ1) is 13.5. The van der Waals surface area contributed by atoms with Crippen LogP contribution in [0.1, 0.15) is 6.42 Å². The predicted molar refractivity (Wildman–Crippen MR) is 66.0 cm³/mol. The number of carbonyl (C=O) groups is 1. The molecule has 1 amide bonds. The Morgan fingerprint density at radius 2 is 2.06 bits per heavy atom. The number of phenolic OH excluding ortho intramolecular Hbond substituents is 1. The Bertz CT molecular complexity index is 365. The van der Waals surface area contributed by atoms with Gasteiger partial charge >= 0.3 is 0 Å². The van der Waals surface area contributed by atoms with Crippen molar-refractivity contribution in [3.8, 4) is 5.75 Å². The quantitative estimate of drug-likeness (QED) is 0.792. The van der Waals surface area contributed by atoms with Crippen molar-refractivity contribution in [3.05, 3.63) is 24.3 Å². The molecule has 0 saturated heterocycles. The van der Waals surface area contributed by atoms with Gasteiger partial charge in [0.25, 0.3) is 0 Å². The van der Waals surface area contributed by atoms with Gasteiger partial charge in [0.2, 0.25) is 5.91 Å². The van der Waals surface area contributed by atoms with Crippen LogP contribution in [0.4, 0.5) is 5.69 Å². The Labute approximate surface area is 101 Å². The molecule has 0 fully saturated rings. The number of hydrogen-bond donors (Lipinski definition) is 2. The predicted octanol–water partition coefficient (Wildman–Crippen LogP) is 0.719. The molecule has 1 atom stereocenters. The normalized spacial score (nSPS) is 12.2. The van der Waals surface area contributed by atoms with Crippen LogP contribution < -0.4 is 10.6 Å². The summed E-state index contributed by atoms with van der Waals surface area (Å²) in [7, 11) is 3.22. The second-order valence-corrected chi connectivity index (χ2v) is 3.80. The lowest BCUT2D eigenvalue weighted by atomic mass is 10.2. The fourth-order valence-electron chi connectivity index (χ4n) is 1.42. The minimum absolute atomic E-state index is 0.165. The maximum atomic E-state index is 11.9. The fourth-order valence-corrected chi connectivity index (χ4v) is 1.42. The topological polar surface area (TPSA) is 75.8 Å². The molecule has 0 radical (unpaired) electrons. The molecule has 5 nitrogen and oxygen atoms in total. The third-order valence-electron chi connectivity index (χ3n) is 2.52. The number of methoxy groups -OCH3 is 1. The molecule has 1 unspecified atom stereocenters. The second kappa shape index (κ2) is 6.22. The lowest BCUT2D eigenvalue weighted by molar-refractivity contribution is -0.119. The van der Waals surface area contributed by atoms with Crippen molar-refractivity contribution in [2.75, 3.05) is 25.7 Å². The van der Waals surface area contributed by atoms with E-state index in [1.807, 2.05) is 0 Å². The molecule has 0 aliphatic carbocycles. The number of nitrogens with zero attached hydrogens (tertiary/aromatic N) is 1. The van der Waals surface area contributed by atoms with Crippen molar-refractivity contribution in [2.45, 2.75) is 12.5 Å². The van der Waals surface area contributed by atoms with Gasteiger partial charge in [-0.05, 0) is 30.7 Å². The fraction of sp³-hybridized carbons (Fsp3) is 0.417. The number of rotatable bonds is 5. The van der Waals surface area contributed by atoms with Crippen LogP contribution >= 0.6 is 0 Å². The van der Waals surface area contributed by atoms with Crippen LogP contribution in [0, 0.1) is 0 Å². The van der Waals surface area contributed by atoms with E-state index in [1.165, 1.54) is 17.0 Å². The molecule has 0 heterocycles. The van der Waals surface area contributed by atoms with Crippen LogP contribution in [0.25, 0.3) is 0 Å². The molecule has 1 aromatic carbocycles. The van der Waals surface area contributed by atoms with Crippen molar-refractivity contribution in [3.63, 3.8) is 0 Å². The summed E-state index contributed by atoms with van der Waals surface area (Å²) in [5.41, 5.74) is 6.45. The molecule has 3 N–H and O–H groups in total. The summed E-state index contributed by atoms with van der Waals surface area (Å²) in [6.45, 7) is 0.455. The van der Waals surface area contributed by atoms with Crippen molar-refractivity contribution in [1.29, 1.82) is 0 Å². The van der Waals surface area contributed by atoms with Crippen LogP contribution in [-0.2, 0) is 9.53 Å². The van der Waals surface area contributed by atoms with E-state index in [0.717, 1.165) is 0 Å². The molecule has 0 aromatic heterocycles. The molecule has 1 rings (SSSR count). The summed E-state index contributed by atoms with van der Waals surface area (Å²) in [6, 6.07) is 5.81. The number of amides is 1. The van der Waals surface area contributed by atoms with Gasteiger partial charge in [-0.1, -0.05) is 0 Å². The van der Waals surface area contributed by atoms with E-state index in [9.17, 15) is 4.79 Å². The zero-order chi connectivity index (χ0) is 12.8. The number of nitrogens with two attached hydrogens (primary N) is 1. The summed E-state index contributed by atoms with van der Waals surface area (Å²) in [4.78, 5) is 13.4. The van der Waals surface area contributed by atoms with E-state index in [-0.39, 0.29) is 11.7 Å². The van der Waals surface area contributed by atoms with Crippen LogP contribution in [-0.4, -0.2) is 37.8 Å². The first-order chi connectivity index (χ1) is 8.06. The highest BCUT2D eigenvalue weighted by Gasteiger charge is 2.18. The number of carbonyl (C=O) groups excluding carboxylic acids is 1. The highest BCUT2D eigenvalue weighted by atomic mass is 16.5. The molecule has 0 bridgehead atoms. The summed E-state index contributed by atoms with van der Waals surface area (Å²) < 4.78 is 4.88. The molecular weight excluding hydrogens is 220 g/mol. The van der Waals surface area contributed by atoms with Crippen molar-refractivity contribution in [2.24, 2.45) is 5.73 Å². The Kier molecular flexibility index (Phi) is 4.93. The van der Waals surface area contributed by atoms with Crippen LogP contribution in [0.5, 0.6) is 5.75 Å². The molecule has 94 valence electrons. The van der Waals surface area contributed by atoms with Crippen LogP contribution in [0.2, 0.25) is 0 Å². The monoisotopic (exact) mass is 238 g/mol. The third-order valence-corrected chi connectivity index (χ3v) is 2.52. The lowest BCUT2D eigenvalue weighted by Gasteiger charge is -2.21. The maximum absolute atomic E-state index is 11.9. The third kappa shape index (κ3) is 3.72. The Hall–Kier alpha value is -1.59. The van der Waals surface area contributed by atoms with Crippen molar-refractivity contribution >= 4 is 11.6 Å². The van der Waals surface area contributed by atoms with E-state index in [0.29, 0.717) is 18.7 Å². The molecule has 17 heavy (non-hydrogen) atoms. The number of ether oxygens (including phenoxy) is 1. The first-order valence-electron chi connectivity index (χ1n) is 5.37. The number of anilines is 1. The molecule has 1 aromatic rings. The van der Waals surface area contributed by atoms with Gasteiger partial charge < -0.3 is 20.5 Å². The van der Waals surface area contributed by atoms with Crippen molar-refractivity contribution in [1.82, 2.24) is 0 Å². The van der Waals surface area contributed by atoms with Crippen LogP contribution in [0.3, 0.4) is 0 Å². The van der Waals surface area contributed by atoms with Crippen LogP contribution in [0.15, 0.2) is 24.3 Å². The number of hydrogen-bond acceptors (Lipinski definition) is 4. The minimum Gasteiger partial charge on any atom is -0.508 e. The van der Waals surface area contributed by atoms with E-state index in [4.69, 9.17) is 15.6 Å². The molecule has 0 aliphatic rings. The van der Waals surface area contributed by atoms with Gasteiger partial charge in [0.05, 0.1) is 6.04 Å². The standard InChI is InChI=1S/C12H18N2O3/c1-14(9-3-5-10(15)6-4-9)12(16)11(13)7-8-17-2/h3-6,11,15H,7-8,13H2,1-2H3. The first-order valence-corrected chi connectivity index (χ1v) is 5.37. The zero-order valence-electron chi connectivity index (χ0n) is 10.1. The van der Waals surface area contributed by atoms with Gasteiger partial charge in [0, 0.05) is 26.5 Å². The van der Waals surface area contributed by atoms with E-state index in [2.05, 4.69) is 0 Å². The molecule has 0 spiro atoms. The zero-order valence-corrected chi connectivity index (χ0v) is 10.1. The maximum Gasteiger partial charge on any atom is 0.243 e. The molecule has 0 aliphatic heterocycles. The molecule has 5 heteroatoms. The number of aromatic hydroxyl groups is 1. The minimum atomic E-state index is -0.575. The van der Waals surface area contributed by atoms with E-state index < -0.39 is 6.04 Å². The average molecular weight is 238 g/mol. The molecular formula is C12H18N2O3. The van der Waals surface area contributed by atoms with Gasteiger partial charge in [-0.25, -0.2) is 0 Å². The Morgan fingerprint density at radius 1 is 1.47 bits per heavy atom. The van der Waals surface area contributed by atoms with Crippen molar-refractivity contribution < 1.29 is 14.6 Å². The Morgan fingerprint density at radius 3 is 2.59 bits per heavy atom. The summed E-state index contributed by atoms with van der Waals surface area (Å²) >= 11 is 0.